The largest absolute Gasteiger partial charge is 0.489 e. The first-order valence-corrected chi connectivity index (χ1v) is 16.7. The van der Waals surface area contributed by atoms with Gasteiger partial charge in [0.25, 0.3) is 0 Å². The van der Waals surface area contributed by atoms with Gasteiger partial charge in [0.15, 0.2) is 0 Å². The van der Waals surface area contributed by atoms with Crippen molar-refractivity contribution in [3.63, 3.8) is 0 Å². The topological polar surface area (TPSA) is 103 Å². The van der Waals surface area contributed by atoms with Gasteiger partial charge in [-0.25, -0.2) is 9.59 Å². The number of carbonyl (C=O) groups excluding carboxylic acids is 3. The monoisotopic (exact) mass is 668 g/mol. The van der Waals surface area contributed by atoms with Gasteiger partial charge in [0.2, 0.25) is 5.91 Å². The molecule has 5 aromatic carbocycles. The Bertz CT molecular complexity index is 1910. The molecular formula is C42H40N2O6. The van der Waals surface area contributed by atoms with Crippen LogP contribution < -0.4 is 15.4 Å². The van der Waals surface area contributed by atoms with Gasteiger partial charge < -0.3 is 24.8 Å². The molecular weight excluding hydrogens is 628 g/mol. The van der Waals surface area contributed by atoms with Crippen LogP contribution >= 0.6 is 0 Å². The number of fused-ring (bicyclic) bond motifs is 3. The van der Waals surface area contributed by atoms with Gasteiger partial charge in [-0.3, -0.25) is 4.79 Å². The number of amides is 2. The minimum Gasteiger partial charge on any atom is -0.489 e. The van der Waals surface area contributed by atoms with E-state index >= 15 is 0 Å². The van der Waals surface area contributed by atoms with Gasteiger partial charge in [-0.05, 0) is 77.4 Å². The summed E-state index contributed by atoms with van der Waals surface area (Å²) in [5.74, 6) is -0.527. The number of alkyl carbamates (subject to hydrolysis) is 1. The molecule has 6 rings (SSSR count). The Morgan fingerprint density at radius 3 is 1.78 bits per heavy atom. The summed E-state index contributed by atoms with van der Waals surface area (Å²) in [6, 6.07) is 38.3. The number of carbonyl (C=O) groups is 3. The lowest BCUT2D eigenvalue weighted by Gasteiger charge is -2.19. The molecule has 0 aliphatic heterocycles. The molecule has 0 radical (unpaired) electrons. The van der Waals surface area contributed by atoms with E-state index in [1.165, 1.54) is 25.0 Å². The highest BCUT2D eigenvalue weighted by Gasteiger charge is 2.29. The van der Waals surface area contributed by atoms with Crippen molar-refractivity contribution in [3.05, 3.63) is 149 Å². The molecule has 0 fully saturated rings. The maximum atomic E-state index is 12.7. The quantitative estimate of drug-likeness (QED) is 0.132. The molecule has 254 valence electrons. The van der Waals surface area contributed by atoms with E-state index in [-0.39, 0.29) is 19.1 Å². The molecule has 1 aliphatic rings. The van der Waals surface area contributed by atoms with Crippen LogP contribution in [0.1, 0.15) is 47.6 Å². The normalized spacial score (nSPS) is 12.9. The van der Waals surface area contributed by atoms with Crippen molar-refractivity contribution in [1.82, 2.24) is 10.6 Å². The van der Waals surface area contributed by atoms with Crippen LogP contribution in [0, 0.1) is 6.92 Å². The molecule has 2 atom stereocenters. The first kappa shape index (κ1) is 34.0. The molecule has 2 amide bonds. The zero-order chi connectivity index (χ0) is 35.0. The Labute approximate surface area is 292 Å². The van der Waals surface area contributed by atoms with E-state index in [0.29, 0.717) is 12.4 Å². The van der Waals surface area contributed by atoms with Crippen LogP contribution in [0.4, 0.5) is 4.79 Å². The number of hydrogen-bond acceptors (Lipinski definition) is 6. The third kappa shape index (κ3) is 8.21. The fourth-order valence-corrected chi connectivity index (χ4v) is 5.95. The minimum absolute atomic E-state index is 0.0351. The second-order valence-corrected chi connectivity index (χ2v) is 12.5. The van der Waals surface area contributed by atoms with Crippen LogP contribution in [0.3, 0.4) is 0 Å². The molecule has 5 aromatic rings. The van der Waals surface area contributed by atoms with E-state index in [1.807, 2.05) is 60.7 Å². The summed E-state index contributed by atoms with van der Waals surface area (Å²) in [6.07, 6.45) is -0.715. The third-order valence-corrected chi connectivity index (χ3v) is 8.83. The van der Waals surface area contributed by atoms with Gasteiger partial charge >= 0.3 is 12.1 Å². The summed E-state index contributed by atoms with van der Waals surface area (Å²) < 4.78 is 16.9. The predicted molar refractivity (Wildman–Crippen MR) is 192 cm³/mol. The summed E-state index contributed by atoms with van der Waals surface area (Å²) in [7, 11) is 0. The fourth-order valence-electron chi connectivity index (χ4n) is 5.95. The second kappa shape index (κ2) is 15.6. The van der Waals surface area contributed by atoms with Crippen LogP contribution in [0.25, 0.3) is 22.3 Å². The van der Waals surface area contributed by atoms with Crippen molar-refractivity contribution in [1.29, 1.82) is 0 Å². The molecule has 0 saturated heterocycles. The van der Waals surface area contributed by atoms with Crippen molar-refractivity contribution >= 4 is 18.0 Å². The molecule has 8 nitrogen and oxygen atoms in total. The van der Waals surface area contributed by atoms with E-state index in [4.69, 9.17) is 14.2 Å². The molecule has 50 heavy (non-hydrogen) atoms. The Morgan fingerprint density at radius 1 is 0.620 bits per heavy atom. The lowest BCUT2D eigenvalue weighted by Crippen LogP contribution is -2.49. The van der Waals surface area contributed by atoms with Crippen molar-refractivity contribution < 1.29 is 28.6 Å². The number of nitrogens with one attached hydrogen (secondary N) is 2. The molecule has 0 aromatic heterocycles. The number of aryl methyl sites for hydroxylation is 1. The molecule has 0 heterocycles. The highest BCUT2D eigenvalue weighted by atomic mass is 16.5. The summed E-state index contributed by atoms with van der Waals surface area (Å²) in [5.41, 5.74) is 9.84. The Balaban J connectivity index is 0.904. The maximum Gasteiger partial charge on any atom is 0.407 e. The molecule has 2 unspecified atom stereocenters. The Kier molecular flexibility index (Phi) is 10.6. The zero-order valence-electron chi connectivity index (χ0n) is 28.3. The Morgan fingerprint density at radius 2 is 1.16 bits per heavy atom. The predicted octanol–water partition coefficient (Wildman–Crippen LogP) is 7.72. The molecule has 1 aliphatic carbocycles. The number of benzene rings is 5. The SMILES string of the molecule is Cc1ccc(-c2ccc(COc3ccc(COC(=O)C(C)NC(=O)C(C)NC(=O)OCC4c5ccccc5-c5ccccc54)cc3)cc2)cc1. The highest BCUT2D eigenvalue weighted by Crippen LogP contribution is 2.44. The summed E-state index contributed by atoms with van der Waals surface area (Å²) in [5, 5.41) is 5.15. The maximum absolute atomic E-state index is 12.7. The van der Waals surface area contributed by atoms with Crippen LogP contribution in [-0.4, -0.2) is 36.7 Å². The van der Waals surface area contributed by atoms with E-state index in [0.717, 1.165) is 38.9 Å². The lowest BCUT2D eigenvalue weighted by atomic mass is 9.98. The molecule has 0 spiro atoms. The number of rotatable bonds is 12. The lowest BCUT2D eigenvalue weighted by molar-refractivity contribution is -0.148. The van der Waals surface area contributed by atoms with E-state index in [2.05, 4.69) is 78.2 Å². The molecule has 0 saturated carbocycles. The van der Waals surface area contributed by atoms with Crippen LogP contribution in [0.15, 0.2) is 121 Å². The van der Waals surface area contributed by atoms with Gasteiger partial charge in [0.05, 0.1) is 0 Å². The molecule has 2 N–H and O–H groups in total. The Hall–Kier alpha value is -5.89. The van der Waals surface area contributed by atoms with Gasteiger partial charge in [0.1, 0.15) is 37.7 Å². The van der Waals surface area contributed by atoms with Crippen LogP contribution in [0.5, 0.6) is 5.75 Å². The second-order valence-electron chi connectivity index (χ2n) is 12.5. The van der Waals surface area contributed by atoms with Crippen LogP contribution in [0.2, 0.25) is 0 Å². The average molecular weight is 669 g/mol. The smallest absolute Gasteiger partial charge is 0.407 e. The summed E-state index contributed by atoms with van der Waals surface area (Å²) in [6.45, 7) is 5.73. The van der Waals surface area contributed by atoms with Crippen molar-refractivity contribution in [2.75, 3.05) is 6.61 Å². The number of ether oxygens (including phenoxy) is 3. The fraction of sp³-hybridized carbons (Fsp3) is 0.214. The summed E-state index contributed by atoms with van der Waals surface area (Å²) in [4.78, 5) is 38.0. The van der Waals surface area contributed by atoms with Gasteiger partial charge in [-0.15, -0.1) is 0 Å². The van der Waals surface area contributed by atoms with Crippen molar-refractivity contribution in [2.45, 2.75) is 52.0 Å². The molecule has 0 bridgehead atoms. The van der Waals surface area contributed by atoms with Crippen LogP contribution in [-0.2, 0) is 32.3 Å². The zero-order valence-corrected chi connectivity index (χ0v) is 28.3. The first-order valence-electron chi connectivity index (χ1n) is 16.7. The van der Waals surface area contributed by atoms with E-state index in [9.17, 15) is 14.4 Å². The van der Waals surface area contributed by atoms with Gasteiger partial charge in [-0.2, -0.15) is 0 Å². The molecule has 8 heteroatoms. The van der Waals surface area contributed by atoms with Crippen molar-refractivity contribution in [3.8, 4) is 28.0 Å². The van der Waals surface area contributed by atoms with Gasteiger partial charge in [-0.1, -0.05) is 115 Å². The van der Waals surface area contributed by atoms with E-state index < -0.39 is 30.1 Å². The number of esters is 1. The highest BCUT2D eigenvalue weighted by molar-refractivity contribution is 5.89. The van der Waals surface area contributed by atoms with Gasteiger partial charge in [0, 0.05) is 5.92 Å². The first-order chi connectivity index (χ1) is 24.2. The van der Waals surface area contributed by atoms with Crippen molar-refractivity contribution in [2.24, 2.45) is 0 Å². The number of hydrogen-bond donors (Lipinski definition) is 2. The summed E-state index contributed by atoms with van der Waals surface area (Å²) >= 11 is 0. The average Bonchev–Trinajstić information content (AvgIpc) is 3.46. The third-order valence-electron chi connectivity index (χ3n) is 8.83. The van der Waals surface area contributed by atoms with E-state index in [1.54, 1.807) is 0 Å². The standard InChI is InChI=1S/C42H40N2O6/c1-27-12-18-32(19-13-27)33-20-14-30(15-21-33)24-48-34-22-16-31(17-23-34)25-49-41(46)29(3)43-40(45)28(2)44-42(47)50-26-39-37-10-6-4-8-35(37)36-9-5-7-11-38(36)39/h4-23,28-29,39H,24-26H2,1-3H3,(H,43,45)(H,44,47). The minimum atomic E-state index is -0.931.